The van der Waals surface area contributed by atoms with Crippen LogP contribution in [0.4, 0.5) is 0 Å². The van der Waals surface area contributed by atoms with E-state index in [2.05, 4.69) is 144 Å². The average molecular weight is 1400 g/mol. The van der Waals surface area contributed by atoms with Crippen LogP contribution in [0.15, 0.2) is 24.5 Å². The normalized spacial score (nSPS) is 47.3. The number of hydrogen-bond donors (Lipinski definition) is 3. The molecule has 3 N–H and O–H groups in total. The molecule has 0 amide bonds. The molecule has 7 unspecified atom stereocenters. The molecule has 0 aromatic carbocycles. The fraction of sp³-hybridized carbons (Fsp3) is 0.934. The molecule has 13 aliphatic rings. The molecule has 0 aromatic heterocycles. The van der Waals surface area contributed by atoms with Crippen molar-refractivity contribution in [2.75, 3.05) is 6.61 Å². The van der Waals surface area contributed by atoms with E-state index in [1.807, 2.05) is 27.7 Å². The SMILES string of the molecule is C=C[C@](C)(O)CC[C@@H]1[C@@]2(C)CCCC(C)(C)C2CC[C@@]1(C)O.CC(=O)C1C[C@H]2[C@@](C)(CCC3C(C)(C)CCC[C@@]32C)O1.CC(=O)OC(C)C[C@@H]1[C@@]2(C)CCCC(C)(C)C2CC[C@@]1(C)O.CC1(C)CCC[C@@]2(C)C1CC[C@@]1(C)OCC[C@@H]12.CC1=CC[C@H]2[C@@](C)(CCC3C(C)(C)CCC[C@@]32C)O1. The van der Waals surface area contributed by atoms with Crippen molar-refractivity contribution in [3.8, 4) is 0 Å². The number of esters is 1. The molecule has 100 heavy (non-hydrogen) atoms. The van der Waals surface area contributed by atoms with Crippen molar-refractivity contribution in [1.82, 2.24) is 0 Å². The van der Waals surface area contributed by atoms with Crippen molar-refractivity contribution in [3.05, 3.63) is 24.5 Å². The van der Waals surface area contributed by atoms with Crippen molar-refractivity contribution >= 4 is 11.8 Å². The van der Waals surface area contributed by atoms with Gasteiger partial charge in [0.1, 0.15) is 11.7 Å². The number of aliphatic hydroxyl groups is 3. The van der Waals surface area contributed by atoms with Crippen LogP contribution in [0.2, 0.25) is 0 Å². The smallest absolute Gasteiger partial charge is 0.302 e. The minimum atomic E-state index is -0.830. The van der Waals surface area contributed by atoms with Gasteiger partial charge in [-0.05, 0) is 343 Å². The summed E-state index contributed by atoms with van der Waals surface area (Å²) < 4.78 is 24.1. The third-order valence-electron chi connectivity index (χ3n) is 34.2. The first-order valence-corrected chi connectivity index (χ1v) is 41.9. The Morgan fingerprint density at radius 2 is 0.900 bits per heavy atom. The summed E-state index contributed by atoms with van der Waals surface area (Å²) in [4.78, 5) is 23.0. The Labute approximate surface area is 614 Å². The third kappa shape index (κ3) is 15.8. The molecule has 0 bridgehead atoms. The first-order chi connectivity index (χ1) is 45.8. The molecule has 0 radical (unpaired) electrons. The van der Waals surface area contributed by atoms with E-state index in [1.54, 1.807) is 13.0 Å². The number of allylic oxidation sites excluding steroid dienone is 2. The van der Waals surface area contributed by atoms with E-state index in [0.717, 1.165) is 87.4 Å². The highest BCUT2D eigenvalue weighted by atomic mass is 16.5. The molecule has 12 fully saturated rings. The second-order valence-corrected chi connectivity index (χ2v) is 43.6. The zero-order valence-corrected chi connectivity index (χ0v) is 69.7. The summed E-state index contributed by atoms with van der Waals surface area (Å²) in [5.74, 6) is 7.56. The van der Waals surface area contributed by atoms with E-state index < -0.39 is 16.8 Å². The zero-order chi connectivity index (χ0) is 74.5. The number of ketones is 1. The number of hydrogen-bond acceptors (Lipinski definition) is 9. The van der Waals surface area contributed by atoms with Gasteiger partial charge in [0.15, 0.2) is 5.78 Å². The number of fused-ring (bicyclic) bond motifs is 11. The van der Waals surface area contributed by atoms with Crippen LogP contribution in [0.3, 0.4) is 0 Å². The van der Waals surface area contributed by atoms with Crippen molar-refractivity contribution in [1.29, 1.82) is 0 Å². The van der Waals surface area contributed by atoms with Gasteiger partial charge in [-0.25, -0.2) is 0 Å². The minimum absolute atomic E-state index is 0.0605. The largest absolute Gasteiger partial charge is 0.492 e. The van der Waals surface area contributed by atoms with Crippen LogP contribution < -0.4 is 0 Å². The number of Topliss-reactive ketones (excluding diaryl/α,β-unsaturated/α-hetero) is 1. The molecule has 3 heterocycles. The lowest BCUT2D eigenvalue weighted by atomic mass is 9.45. The zero-order valence-electron chi connectivity index (χ0n) is 69.7. The van der Waals surface area contributed by atoms with E-state index in [4.69, 9.17) is 18.9 Å². The molecule has 23 atom stereocenters. The van der Waals surface area contributed by atoms with Crippen molar-refractivity contribution in [2.45, 2.75) is 418 Å². The van der Waals surface area contributed by atoms with Crippen LogP contribution >= 0.6 is 0 Å². The first kappa shape index (κ1) is 82.3. The lowest BCUT2D eigenvalue weighted by molar-refractivity contribution is -0.181. The van der Waals surface area contributed by atoms with Gasteiger partial charge >= 0.3 is 5.97 Å². The average Bonchev–Trinajstić information content (AvgIpc) is 1.45. The molecule has 3 aliphatic heterocycles. The Morgan fingerprint density at radius 1 is 0.520 bits per heavy atom. The van der Waals surface area contributed by atoms with Gasteiger partial charge in [0.05, 0.1) is 39.9 Å². The Bertz CT molecular complexity index is 2890. The van der Waals surface area contributed by atoms with Crippen LogP contribution in [0.1, 0.15) is 372 Å². The maximum Gasteiger partial charge on any atom is 0.302 e. The molecular formula is C91H158O9. The number of carbonyl (C=O) groups is 2. The van der Waals surface area contributed by atoms with Gasteiger partial charge < -0.3 is 34.3 Å². The summed E-state index contributed by atoms with van der Waals surface area (Å²) in [6, 6.07) is 0. The molecule has 10 saturated carbocycles. The Kier molecular flexibility index (Phi) is 23.6. The van der Waals surface area contributed by atoms with Gasteiger partial charge in [-0.1, -0.05) is 142 Å². The number of rotatable bonds is 8. The highest BCUT2D eigenvalue weighted by Crippen LogP contribution is 2.70. The van der Waals surface area contributed by atoms with Gasteiger partial charge in [-0.2, -0.15) is 0 Å². The van der Waals surface area contributed by atoms with Crippen LogP contribution in [0, 0.1) is 113 Å². The van der Waals surface area contributed by atoms with Crippen molar-refractivity contribution in [2.24, 2.45) is 113 Å². The standard InChI is InChI=1S/C20H36O2.C19H34O3.C18H30O2.C18H30O.C16H28O/c1-7-18(4,21)13-9-16-19(5)12-8-11-17(2,3)15(19)10-14-20(16,6)22;1-13(22-14(2)20)12-16-18(5)10-7-9-17(3,4)15(18)8-11-19(16,6)21;1-12(19)13-11-15-17(4)9-6-8-16(2,3)14(17)7-10-18(15,5)20-13;1-13-7-8-15-17(4)11-6-10-16(2,3)14(17)9-12-18(15,5)19-13;1-14(2)8-5-9-15(3)12(14)6-10-16(4)13(15)7-11-17-16/h7,15-16,21-22H,1,8-14H2,2-6H3;13,15-16,21H,7-12H2,1-6H3;13-15H,6-11H2,1-5H3;7,14-15H,6,8-12H2,1-5H3;12-13H,5-11H2,1-4H3/t15?,16-,18+,19+,20-;13?,15?,16-,18+,19-;13?,14?,15-,17+,18-;14?,15-,17+,18-;12?,13-,15+,16-/m11111/s1. The summed E-state index contributed by atoms with van der Waals surface area (Å²) in [7, 11) is 0. The highest BCUT2D eigenvalue weighted by molar-refractivity contribution is 5.80. The van der Waals surface area contributed by atoms with Crippen LogP contribution in [-0.2, 0) is 28.5 Å². The third-order valence-corrected chi connectivity index (χ3v) is 34.2. The summed E-state index contributed by atoms with van der Waals surface area (Å²) in [6.07, 6.45) is 41.1. The van der Waals surface area contributed by atoms with Gasteiger partial charge in [0.2, 0.25) is 0 Å². The Morgan fingerprint density at radius 3 is 1.34 bits per heavy atom. The van der Waals surface area contributed by atoms with Crippen LogP contribution in [0.5, 0.6) is 0 Å². The van der Waals surface area contributed by atoms with Gasteiger partial charge in [0, 0.05) is 19.4 Å². The maximum absolute atomic E-state index is 11.8. The Hall–Kier alpha value is -1.78. The van der Waals surface area contributed by atoms with Crippen molar-refractivity contribution < 1.29 is 43.9 Å². The lowest BCUT2D eigenvalue weighted by Crippen LogP contribution is -2.58. The predicted molar refractivity (Wildman–Crippen MR) is 412 cm³/mol. The topological polar surface area (TPSA) is 132 Å². The molecule has 13 rings (SSSR count). The summed E-state index contributed by atoms with van der Waals surface area (Å²) in [5, 5.41) is 32.4. The monoisotopic (exact) mass is 1400 g/mol. The van der Waals surface area contributed by atoms with E-state index >= 15 is 0 Å². The highest BCUT2D eigenvalue weighted by Gasteiger charge is 2.66. The fourth-order valence-corrected chi connectivity index (χ4v) is 29.5. The molecule has 9 heteroatoms. The van der Waals surface area contributed by atoms with E-state index in [0.29, 0.717) is 73.4 Å². The summed E-state index contributed by atoms with van der Waals surface area (Å²) in [5.41, 5.74) is 2.06. The molecule has 0 spiro atoms. The molecule has 10 aliphatic carbocycles. The van der Waals surface area contributed by atoms with E-state index in [-0.39, 0.29) is 63.4 Å². The first-order valence-electron chi connectivity index (χ1n) is 41.9. The molecular weight excluding hydrogens is 1240 g/mol. The minimum Gasteiger partial charge on any atom is -0.492 e. The second-order valence-electron chi connectivity index (χ2n) is 43.6. The van der Waals surface area contributed by atoms with E-state index in [1.165, 1.54) is 148 Å². The summed E-state index contributed by atoms with van der Waals surface area (Å²) >= 11 is 0. The predicted octanol–water partition coefficient (Wildman–Crippen LogP) is 23.1. The number of carbonyl (C=O) groups excluding carboxylic acids is 2. The molecule has 9 nitrogen and oxygen atoms in total. The summed E-state index contributed by atoms with van der Waals surface area (Å²) in [6.45, 7) is 61.8. The molecule has 2 saturated heterocycles. The number of ether oxygens (including phenoxy) is 4. The van der Waals surface area contributed by atoms with Gasteiger partial charge in [-0.3, -0.25) is 9.59 Å². The lowest BCUT2D eigenvalue weighted by Gasteiger charge is -2.62. The van der Waals surface area contributed by atoms with Gasteiger partial charge in [0.25, 0.3) is 0 Å². The van der Waals surface area contributed by atoms with E-state index in [9.17, 15) is 24.9 Å². The maximum atomic E-state index is 11.8. The van der Waals surface area contributed by atoms with Crippen molar-refractivity contribution in [3.63, 3.8) is 0 Å². The van der Waals surface area contributed by atoms with Crippen LogP contribution in [0.25, 0.3) is 0 Å². The van der Waals surface area contributed by atoms with Gasteiger partial charge in [-0.15, -0.1) is 6.58 Å². The fourth-order valence-electron chi connectivity index (χ4n) is 29.5. The Balaban J connectivity index is 0.000000146. The quantitative estimate of drug-likeness (QED) is 0.161. The molecule has 576 valence electrons. The van der Waals surface area contributed by atoms with Crippen LogP contribution in [-0.4, -0.2) is 79.5 Å². The molecule has 0 aromatic rings. The second kappa shape index (κ2) is 28.7.